The fraction of sp³-hybridized carbons (Fsp3) is 0.158. The van der Waals surface area contributed by atoms with Crippen LogP contribution < -0.4 is 5.32 Å². The second kappa shape index (κ2) is 7.39. The lowest BCUT2D eigenvalue weighted by Crippen LogP contribution is -2.32. The number of rotatable bonds is 6. The summed E-state index contributed by atoms with van der Waals surface area (Å²) in [5, 5.41) is 14.6. The number of para-hydroxylation sites is 1. The number of anilines is 1. The number of amides is 3. The normalized spacial score (nSPS) is 12.9. The molecular formula is C19H16N6O3. The van der Waals surface area contributed by atoms with Crippen molar-refractivity contribution in [3.05, 3.63) is 71.5 Å². The number of aromatic nitrogens is 4. The standard InChI is InChI=1S/C19H16N6O3/c26-17(20-13-6-2-1-3-7-13)12-25-22-16(21-23-25)10-11-24-18(27)14-8-4-5-9-15(14)19(24)28/h1-9H,10-12H2,(H,20,26). The summed E-state index contributed by atoms with van der Waals surface area (Å²) in [5.41, 5.74) is 1.49. The van der Waals surface area contributed by atoms with Crippen LogP contribution in [-0.4, -0.2) is 49.4 Å². The molecule has 0 radical (unpaired) electrons. The van der Waals surface area contributed by atoms with E-state index in [9.17, 15) is 14.4 Å². The Bertz CT molecular complexity index is 1010. The predicted octanol–water partition coefficient (Wildman–Crippen LogP) is 1.15. The summed E-state index contributed by atoms with van der Waals surface area (Å²) in [5.74, 6) is -0.579. The summed E-state index contributed by atoms with van der Waals surface area (Å²) in [4.78, 5) is 39.1. The van der Waals surface area contributed by atoms with Gasteiger partial charge in [0.2, 0.25) is 5.91 Å². The van der Waals surface area contributed by atoms with Crippen molar-refractivity contribution < 1.29 is 14.4 Å². The number of hydrogen-bond donors (Lipinski definition) is 1. The number of nitrogens with one attached hydrogen (secondary N) is 1. The van der Waals surface area contributed by atoms with E-state index in [-0.39, 0.29) is 37.2 Å². The molecule has 1 aromatic heterocycles. The zero-order valence-corrected chi connectivity index (χ0v) is 14.8. The Morgan fingerprint density at radius 3 is 2.25 bits per heavy atom. The monoisotopic (exact) mass is 376 g/mol. The smallest absolute Gasteiger partial charge is 0.261 e. The summed E-state index contributed by atoms with van der Waals surface area (Å²) in [6, 6.07) is 15.8. The molecule has 0 spiro atoms. The molecule has 2 heterocycles. The summed E-state index contributed by atoms with van der Waals surface area (Å²) >= 11 is 0. The van der Waals surface area contributed by atoms with Gasteiger partial charge in [-0.2, -0.15) is 4.80 Å². The molecule has 28 heavy (non-hydrogen) atoms. The quantitative estimate of drug-likeness (QED) is 0.646. The topological polar surface area (TPSA) is 110 Å². The molecule has 9 nitrogen and oxygen atoms in total. The van der Waals surface area contributed by atoms with Crippen molar-refractivity contribution in [1.29, 1.82) is 0 Å². The molecule has 0 atom stereocenters. The largest absolute Gasteiger partial charge is 0.324 e. The fourth-order valence-electron chi connectivity index (χ4n) is 2.95. The third-order valence-electron chi connectivity index (χ3n) is 4.27. The van der Waals surface area contributed by atoms with E-state index in [1.807, 2.05) is 18.2 Å². The number of tetrazole rings is 1. The van der Waals surface area contributed by atoms with E-state index < -0.39 is 0 Å². The Morgan fingerprint density at radius 1 is 0.929 bits per heavy atom. The van der Waals surface area contributed by atoms with Crippen LogP contribution >= 0.6 is 0 Å². The molecule has 0 aliphatic carbocycles. The average Bonchev–Trinajstić information content (AvgIpc) is 3.24. The van der Waals surface area contributed by atoms with Crippen molar-refractivity contribution in [2.45, 2.75) is 13.0 Å². The SMILES string of the molecule is O=C(Cn1nnc(CCN2C(=O)c3ccccc3C2=O)n1)Nc1ccccc1. The molecule has 1 N–H and O–H groups in total. The molecule has 1 aliphatic heterocycles. The minimum Gasteiger partial charge on any atom is -0.324 e. The van der Waals surface area contributed by atoms with Gasteiger partial charge in [0.15, 0.2) is 5.82 Å². The molecule has 2 aromatic carbocycles. The van der Waals surface area contributed by atoms with Gasteiger partial charge in [-0.25, -0.2) is 0 Å². The van der Waals surface area contributed by atoms with E-state index in [1.165, 1.54) is 9.70 Å². The first-order valence-electron chi connectivity index (χ1n) is 8.68. The highest BCUT2D eigenvalue weighted by atomic mass is 16.2. The first kappa shape index (κ1) is 17.5. The molecule has 3 amide bonds. The fourth-order valence-corrected chi connectivity index (χ4v) is 2.95. The van der Waals surface area contributed by atoms with Crippen LogP contribution in [0.5, 0.6) is 0 Å². The van der Waals surface area contributed by atoms with Crippen molar-refractivity contribution in [3.63, 3.8) is 0 Å². The molecule has 0 saturated heterocycles. The lowest BCUT2D eigenvalue weighted by molar-refractivity contribution is -0.117. The van der Waals surface area contributed by atoms with Gasteiger partial charge in [0.05, 0.1) is 11.1 Å². The van der Waals surface area contributed by atoms with Gasteiger partial charge in [-0.15, -0.1) is 10.2 Å². The second-order valence-corrected chi connectivity index (χ2v) is 6.21. The summed E-state index contributed by atoms with van der Waals surface area (Å²) in [6.07, 6.45) is 0.256. The van der Waals surface area contributed by atoms with E-state index in [0.29, 0.717) is 22.6 Å². The molecule has 0 fully saturated rings. The second-order valence-electron chi connectivity index (χ2n) is 6.21. The Balaban J connectivity index is 1.34. The molecule has 0 unspecified atom stereocenters. The van der Waals surface area contributed by atoms with E-state index in [4.69, 9.17) is 0 Å². The first-order valence-corrected chi connectivity index (χ1v) is 8.68. The summed E-state index contributed by atoms with van der Waals surface area (Å²) in [6.45, 7) is 0.0587. The minimum atomic E-state index is -0.324. The highest BCUT2D eigenvalue weighted by Crippen LogP contribution is 2.22. The molecule has 9 heteroatoms. The maximum atomic E-state index is 12.3. The van der Waals surface area contributed by atoms with Crippen LogP contribution in [0, 0.1) is 0 Å². The van der Waals surface area contributed by atoms with Gasteiger partial charge < -0.3 is 5.32 Å². The number of fused-ring (bicyclic) bond motifs is 1. The Hall–Kier alpha value is -3.88. The number of benzene rings is 2. The Labute approximate surface area is 160 Å². The maximum absolute atomic E-state index is 12.3. The van der Waals surface area contributed by atoms with Gasteiger partial charge in [0, 0.05) is 18.7 Å². The molecule has 3 aromatic rings. The van der Waals surface area contributed by atoms with Crippen LogP contribution in [0.25, 0.3) is 0 Å². The van der Waals surface area contributed by atoms with Crippen LogP contribution in [-0.2, 0) is 17.8 Å². The van der Waals surface area contributed by atoms with Gasteiger partial charge in [-0.05, 0) is 29.5 Å². The van der Waals surface area contributed by atoms with Crippen molar-refractivity contribution in [3.8, 4) is 0 Å². The van der Waals surface area contributed by atoms with Gasteiger partial charge in [-0.1, -0.05) is 30.3 Å². The van der Waals surface area contributed by atoms with Crippen LogP contribution in [0.4, 0.5) is 5.69 Å². The van der Waals surface area contributed by atoms with Crippen LogP contribution in [0.15, 0.2) is 54.6 Å². The molecule has 1 aliphatic rings. The van der Waals surface area contributed by atoms with Crippen molar-refractivity contribution >= 4 is 23.4 Å². The lowest BCUT2D eigenvalue weighted by Gasteiger charge is -2.11. The van der Waals surface area contributed by atoms with Crippen LogP contribution in [0.1, 0.15) is 26.5 Å². The zero-order valence-electron chi connectivity index (χ0n) is 14.8. The highest BCUT2D eigenvalue weighted by Gasteiger charge is 2.34. The lowest BCUT2D eigenvalue weighted by atomic mass is 10.1. The number of carbonyl (C=O) groups excluding carboxylic acids is 3. The molecule has 4 rings (SSSR count). The minimum absolute atomic E-state index is 0.0884. The summed E-state index contributed by atoms with van der Waals surface area (Å²) < 4.78 is 0. The van der Waals surface area contributed by atoms with Gasteiger partial charge in [0.25, 0.3) is 11.8 Å². The molecule has 140 valence electrons. The van der Waals surface area contributed by atoms with Crippen molar-refractivity contribution in [1.82, 2.24) is 25.1 Å². The summed E-state index contributed by atoms with van der Waals surface area (Å²) in [7, 11) is 0. The van der Waals surface area contributed by atoms with Crippen molar-refractivity contribution in [2.75, 3.05) is 11.9 Å². The maximum Gasteiger partial charge on any atom is 0.261 e. The third kappa shape index (κ3) is 3.50. The predicted molar refractivity (Wildman–Crippen MR) is 98.4 cm³/mol. The number of carbonyl (C=O) groups is 3. The van der Waals surface area contributed by atoms with E-state index in [0.717, 1.165) is 0 Å². The average molecular weight is 376 g/mol. The Kier molecular flexibility index (Phi) is 4.63. The third-order valence-corrected chi connectivity index (χ3v) is 4.27. The number of hydrogen-bond acceptors (Lipinski definition) is 6. The first-order chi connectivity index (χ1) is 13.6. The van der Waals surface area contributed by atoms with Crippen LogP contribution in [0.3, 0.4) is 0 Å². The molecule has 0 saturated carbocycles. The number of imide groups is 1. The van der Waals surface area contributed by atoms with E-state index in [2.05, 4.69) is 20.7 Å². The van der Waals surface area contributed by atoms with E-state index >= 15 is 0 Å². The van der Waals surface area contributed by atoms with Crippen LogP contribution in [0.2, 0.25) is 0 Å². The molecular weight excluding hydrogens is 360 g/mol. The Morgan fingerprint density at radius 2 is 1.57 bits per heavy atom. The van der Waals surface area contributed by atoms with Gasteiger partial charge >= 0.3 is 0 Å². The zero-order chi connectivity index (χ0) is 19.5. The van der Waals surface area contributed by atoms with Gasteiger partial charge in [0.1, 0.15) is 6.54 Å². The van der Waals surface area contributed by atoms with Crippen molar-refractivity contribution in [2.24, 2.45) is 0 Å². The number of nitrogens with zero attached hydrogens (tertiary/aromatic N) is 5. The van der Waals surface area contributed by atoms with Gasteiger partial charge in [-0.3, -0.25) is 19.3 Å². The molecule has 0 bridgehead atoms. The van der Waals surface area contributed by atoms with E-state index in [1.54, 1.807) is 36.4 Å². The highest BCUT2D eigenvalue weighted by molar-refractivity contribution is 6.21.